The van der Waals surface area contributed by atoms with Gasteiger partial charge in [-0.05, 0) is 92.4 Å². The molecule has 2 N–H and O–H groups in total. The van der Waals surface area contributed by atoms with Crippen LogP contribution in [0, 0.1) is 17.8 Å². The number of nitrogens with one attached hydrogen (secondary N) is 2. The number of halogens is 4. The number of piperidine rings is 1. The number of fused-ring (bicyclic) bond motifs is 6. The van der Waals surface area contributed by atoms with Crippen molar-refractivity contribution in [3.8, 4) is 23.0 Å². The third-order valence-corrected chi connectivity index (χ3v) is 12.1. The quantitative estimate of drug-likeness (QED) is 0.135. The summed E-state index contributed by atoms with van der Waals surface area (Å²) in [5, 5.41) is 4.38. The zero-order valence-corrected chi connectivity index (χ0v) is 36.7. The molecule has 0 radical (unpaired) electrons. The van der Waals surface area contributed by atoms with Gasteiger partial charge in [-0.1, -0.05) is 25.1 Å². The van der Waals surface area contributed by atoms with E-state index in [1.165, 1.54) is 57.2 Å². The lowest BCUT2D eigenvalue weighted by atomic mass is 9.63. The molecule has 3 heterocycles. The van der Waals surface area contributed by atoms with Crippen molar-refractivity contribution < 1.29 is 55.9 Å². The fourth-order valence-corrected chi connectivity index (χ4v) is 9.41. The van der Waals surface area contributed by atoms with Crippen LogP contribution in [0.3, 0.4) is 0 Å². The van der Waals surface area contributed by atoms with Crippen molar-refractivity contribution in [1.29, 1.82) is 0 Å². The third kappa shape index (κ3) is 10.2. The van der Waals surface area contributed by atoms with E-state index in [-0.39, 0.29) is 47.9 Å². The van der Waals surface area contributed by atoms with Crippen LogP contribution in [-0.4, -0.2) is 102 Å². The molecule has 3 aromatic carbocycles. The summed E-state index contributed by atoms with van der Waals surface area (Å²) < 4.78 is 76.4. The standard InChI is InChI=1S/C33H40N2O9.C12H16F3N.ClH/c1-38-19-7-8-20-21-9-10-35-16-18-13-27(44-32(36)17-11-25(39-2)30(41-4)26(12-17)40-3)31(42-5)28(33(37)43-6)22(18)15-24(35)29(21)34-23(20)14-19;1-3-16-9(2)7-10-5-4-6-11(8-10)12(13,14)15;/h7-8,11-12,14,18,22,24,27-28,31,34H,9-10,13,15-16H2,1-6H3;4-6,8-9,16H,3,7H2,1-2H3;1H/t18-,22+,24-,27-,28+,31+;;/m1../s1. The maximum atomic E-state index is 13.5. The van der Waals surface area contributed by atoms with Gasteiger partial charge in [0.25, 0.3) is 0 Å². The number of hydrogen-bond acceptors (Lipinski definition) is 11. The van der Waals surface area contributed by atoms with Crippen LogP contribution in [0.2, 0.25) is 0 Å². The van der Waals surface area contributed by atoms with Crippen molar-refractivity contribution in [2.24, 2.45) is 17.8 Å². The number of aromatic amines is 1. The highest BCUT2D eigenvalue weighted by atomic mass is 35.5. The van der Waals surface area contributed by atoms with Gasteiger partial charge in [0, 0.05) is 48.9 Å². The second kappa shape index (κ2) is 20.4. The molecule has 2 fully saturated rings. The number of esters is 2. The molecule has 7 atom stereocenters. The molecular formula is C45H57ClF3N3O9. The van der Waals surface area contributed by atoms with Crippen LogP contribution in [0.4, 0.5) is 13.2 Å². The fourth-order valence-electron chi connectivity index (χ4n) is 9.41. The molecule has 1 aliphatic carbocycles. The van der Waals surface area contributed by atoms with Gasteiger partial charge in [-0.2, -0.15) is 13.2 Å². The van der Waals surface area contributed by atoms with Crippen molar-refractivity contribution in [3.05, 3.63) is 82.5 Å². The SMILES string of the molecule is CCNC(C)Cc1cccc(C(F)(F)F)c1.COC(=O)[C@H]1[C@H]2C[C@@H]3c4[nH]c5cc(OC)ccc5c4CCN3C[C@H]2C[C@@H](OC(=O)c2cc(OC)c(OC)c(OC)c2)[C@@H]1OC.Cl. The first-order valence-corrected chi connectivity index (χ1v) is 20.2. The van der Waals surface area contributed by atoms with E-state index in [0.717, 1.165) is 49.8 Å². The Labute approximate surface area is 361 Å². The van der Waals surface area contributed by atoms with Crippen LogP contribution in [0.5, 0.6) is 23.0 Å². The maximum absolute atomic E-state index is 13.5. The molecular weight excluding hydrogens is 819 g/mol. The molecule has 4 aromatic rings. The first-order chi connectivity index (χ1) is 28.8. The second-order valence-corrected chi connectivity index (χ2v) is 15.6. The van der Waals surface area contributed by atoms with Gasteiger partial charge in [0.1, 0.15) is 18.0 Å². The van der Waals surface area contributed by atoms with E-state index in [2.05, 4.69) is 21.3 Å². The van der Waals surface area contributed by atoms with Gasteiger partial charge in [0.15, 0.2) is 11.5 Å². The van der Waals surface area contributed by atoms with Gasteiger partial charge in [0.05, 0.1) is 58.6 Å². The average Bonchev–Trinajstić information content (AvgIpc) is 3.62. The molecule has 0 amide bonds. The van der Waals surface area contributed by atoms with E-state index in [4.69, 9.17) is 33.2 Å². The van der Waals surface area contributed by atoms with Gasteiger partial charge in [-0.15, -0.1) is 12.4 Å². The minimum absolute atomic E-state index is 0. The number of aromatic nitrogens is 1. The zero-order valence-electron chi connectivity index (χ0n) is 35.9. The normalized spacial score (nSPS) is 22.5. The number of benzene rings is 3. The third-order valence-electron chi connectivity index (χ3n) is 12.1. The Bertz CT molecular complexity index is 2110. The van der Waals surface area contributed by atoms with Crippen LogP contribution in [-0.2, 0) is 38.0 Å². The molecule has 1 saturated carbocycles. The van der Waals surface area contributed by atoms with Crippen LogP contribution in [0.1, 0.15) is 65.5 Å². The van der Waals surface area contributed by atoms with Crippen molar-refractivity contribution in [2.75, 3.05) is 62.3 Å². The van der Waals surface area contributed by atoms with Crippen molar-refractivity contribution in [1.82, 2.24) is 15.2 Å². The lowest BCUT2D eigenvalue weighted by Crippen LogP contribution is -2.58. The van der Waals surface area contributed by atoms with E-state index in [9.17, 15) is 22.8 Å². The second-order valence-electron chi connectivity index (χ2n) is 15.6. The number of rotatable bonds is 12. The highest BCUT2D eigenvalue weighted by Crippen LogP contribution is 2.51. The molecule has 0 bridgehead atoms. The van der Waals surface area contributed by atoms with Gasteiger partial charge in [-0.25, -0.2) is 4.79 Å². The molecule has 2 aliphatic heterocycles. The number of carbonyl (C=O) groups excluding carboxylic acids is 2. The van der Waals surface area contributed by atoms with Crippen LogP contribution in [0.25, 0.3) is 10.9 Å². The van der Waals surface area contributed by atoms with E-state index < -0.39 is 35.8 Å². The molecule has 7 rings (SSSR count). The summed E-state index contributed by atoms with van der Waals surface area (Å²) in [5.74, 6) is 0.441. The topological polar surface area (TPSA) is 130 Å². The molecule has 16 heteroatoms. The number of nitrogens with zero attached hydrogens (tertiary/aromatic N) is 1. The van der Waals surface area contributed by atoms with Crippen molar-refractivity contribution in [3.63, 3.8) is 0 Å². The number of alkyl halides is 3. The van der Waals surface area contributed by atoms with E-state index in [1.807, 2.05) is 26.0 Å². The number of ether oxygens (including phenoxy) is 7. The molecule has 1 saturated heterocycles. The highest BCUT2D eigenvalue weighted by molar-refractivity contribution is 5.91. The Morgan fingerprint density at radius 2 is 1.66 bits per heavy atom. The van der Waals surface area contributed by atoms with Crippen LogP contribution in [0.15, 0.2) is 54.6 Å². The predicted molar refractivity (Wildman–Crippen MR) is 226 cm³/mol. The summed E-state index contributed by atoms with van der Waals surface area (Å²) in [7, 11) is 9.10. The Hall–Kier alpha value is -4.70. The van der Waals surface area contributed by atoms with Gasteiger partial charge < -0.3 is 43.5 Å². The highest BCUT2D eigenvalue weighted by Gasteiger charge is 2.54. The van der Waals surface area contributed by atoms with E-state index in [0.29, 0.717) is 35.7 Å². The Kier molecular flexibility index (Phi) is 15.9. The predicted octanol–water partition coefficient (Wildman–Crippen LogP) is 7.84. The lowest BCUT2D eigenvalue weighted by Gasteiger charge is -2.52. The van der Waals surface area contributed by atoms with E-state index in [1.54, 1.807) is 32.4 Å². The number of carbonyl (C=O) groups is 2. The minimum Gasteiger partial charge on any atom is -0.497 e. The lowest BCUT2D eigenvalue weighted by molar-refractivity contribution is -0.176. The smallest absolute Gasteiger partial charge is 0.416 e. The molecule has 61 heavy (non-hydrogen) atoms. The summed E-state index contributed by atoms with van der Waals surface area (Å²) >= 11 is 0. The number of H-pyrrole nitrogens is 1. The number of likely N-dealkylation sites (N-methyl/N-ethyl adjacent to an activating group) is 1. The fraction of sp³-hybridized carbons (Fsp3) is 0.511. The Balaban J connectivity index is 0.000000351. The summed E-state index contributed by atoms with van der Waals surface area (Å²) in [4.78, 5) is 33.1. The summed E-state index contributed by atoms with van der Waals surface area (Å²) in [6, 6.07) is 15.1. The Morgan fingerprint density at radius 1 is 0.934 bits per heavy atom. The molecule has 0 spiro atoms. The summed E-state index contributed by atoms with van der Waals surface area (Å²) in [6.07, 6.45) is -2.72. The molecule has 334 valence electrons. The van der Waals surface area contributed by atoms with Crippen molar-refractivity contribution in [2.45, 2.75) is 70.0 Å². The first-order valence-electron chi connectivity index (χ1n) is 20.2. The van der Waals surface area contributed by atoms with Gasteiger partial charge in [0.2, 0.25) is 5.75 Å². The van der Waals surface area contributed by atoms with Crippen molar-refractivity contribution >= 4 is 35.2 Å². The maximum Gasteiger partial charge on any atom is 0.416 e. The zero-order chi connectivity index (χ0) is 43.3. The number of hydrogen-bond donors (Lipinski definition) is 2. The minimum atomic E-state index is -4.25. The largest absolute Gasteiger partial charge is 0.497 e. The summed E-state index contributed by atoms with van der Waals surface area (Å²) in [5.41, 5.74) is 3.96. The molecule has 1 unspecified atom stereocenters. The Morgan fingerprint density at radius 3 is 2.26 bits per heavy atom. The molecule has 3 aliphatic rings. The van der Waals surface area contributed by atoms with Gasteiger partial charge in [-0.3, -0.25) is 9.69 Å². The van der Waals surface area contributed by atoms with Crippen LogP contribution >= 0.6 is 12.4 Å². The van der Waals surface area contributed by atoms with E-state index >= 15 is 0 Å². The summed E-state index contributed by atoms with van der Waals surface area (Å²) in [6.45, 7) is 6.44. The van der Waals surface area contributed by atoms with Gasteiger partial charge >= 0.3 is 18.1 Å². The van der Waals surface area contributed by atoms with Crippen LogP contribution < -0.4 is 24.3 Å². The molecule has 1 aromatic heterocycles. The molecule has 12 nitrogen and oxygen atoms in total. The average molecular weight is 876 g/mol. The number of methoxy groups -OCH3 is 6. The monoisotopic (exact) mass is 875 g/mol. The first kappa shape index (κ1) is 47.4.